The van der Waals surface area contributed by atoms with E-state index in [0.29, 0.717) is 28.6 Å². The van der Waals surface area contributed by atoms with Crippen LogP contribution >= 0.6 is 0 Å². The van der Waals surface area contributed by atoms with E-state index in [0.717, 1.165) is 54.4 Å². The largest absolute Gasteiger partial charge is 0.507 e. The average molecular weight is 584 g/mol. The van der Waals surface area contributed by atoms with Gasteiger partial charge in [0.05, 0.1) is 27.1 Å². The van der Waals surface area contributed by atoms with Crippen molar-refractivity contribution < 1.29 is 36.2 Å². The molecule has 212 valence electrons. The predicted octanol–water partition coefficient (Wildman–Crippen LogP) is 4.62. The molecule has 0 saturated carbocycles. The Kier molecular flexibility index (Phi) is 6.63. The Hall–Kier alpha value is -4.13. The number of hydrogen-bond donors (Lipinski definition) is 2. The Morgan fingerprint density at radius 1 is 1.00 bits per heavy atom. The molecule has 3 heterocycles. The number of para-hydroxylation sites is 1. The van der Waals surface area contributed by atoms with E-state index in [1.807, 2.05) is 0 Å². The number of halogens is 3. The molecule has 0 amide bonds. The summed E-state index contributed by atoms with van der Waals surface area (Å²) in [6.45, 7) is 3.54. The number of ether oxygens (including phenoxy) is 1. The smallest absolute Gasteiger partial charge is 0.416 e. The molecule has 12 heteroatoms. The van der Waals surface area contributed by atoms with Gasteiger partial charge in [-0.1, -0.05) is 18.2 Å². The third kappa shape index (κ3) is 4.88. The van der Waals surface area contributed by atoms with Gasteiger partial charge in [-0.2, -0.15) is 13.2 Å². The summed E-state index contributed by atoms with van der Waals surface area (Å²) in [5, 5.41) is 14.3. The van der Waals surface area contributed by atoms with Crippen molar-refractivity contribution in [3.05, 3.63) is 94.9 Å². The van der Waals surface area contributed by atoms with Crippen molar-refractivity contribution in [3.63, 3.8) is 0 Å². The van der Waals surface area contributed by atoms with Crippen LogP contribution in [0.15, 0.2) is 77.5 Å². The Balaban J connectivity index is 1.38. The van der Waals surface area contributed by atoms with Gasteiger partial charge in [-0.05, 0) is 48.5 Å². The molecule has 0 radical (unpaired) electrons. The van der Waals surface area contributed by atoms with Crippen molar-refractivity contribution in [3.8, 4) is 11.5 Å². The number of phenolic OH excluding ortho intramolecular Hbond substituents is 1. The molecule has 4 aromatic rings. The average Bonchev–Trinajstić information content (AvgIpc) is 3.49. The molecule has 0 atom stereocenters. The summed E-state index contributed by atoms with van der Waals surface area (Å²) >= 11 is 0. The molecular formula is C29H24F3N3O5S. The van der Waals surface area contributed by atoms with E-state index in [1.54, 1.807) is 24.3 Å². The van der Waals surface area contributed by atoms with Crippen LogP contribution in [0.2, 0.25) is 0 Å². The van der Waals surface area contributed by atoms with Crippen LogP contribution in [0, 0.1) is 0 Å². The molecule has 1 aromatic heterocycles. The number of allylic oxidation sites excluding steroid dienone is 1. The van der Waals surface area contributed by atoms with Crippen molar-refractivity contribution in [2.24, 2.45) is 0 Å². The van der Waals surface area contributed by atoms with Crippen LogP contribution in [-0.2, 0) is 22.7 Å². The fourth-order valence-electron chi connectivity index (χ4n) is 5.10. The number of rotatable bonds is 5. The topological polar surface area (TPSA) is 101 Å². The minimum atomic E-state index is -4.60. The maximum absolute atomic E-state index is 13.5. The van der Waals surface area contributed by atoms with E-state index in [4.69, 9.17) is 4.74 Å². The van der Waals surface area contributed by atoms with Crippen LogP contribution in [0.25, 0.3) is 17.0 Å². The minimum absolute atomic E-state index is 0.00979. The number of nitrogens with one attached hydrogen (secondary N) is 1. The van der Waals surface area contributed by atoms with Gasteiger partial charge >= 0.3 is 6.18 Å². The number of piperazine rings is 1. The van der Waals surface area contributed by atoms with Gasteiger partial charge in [0.1, 0.15) is 11.5 Å². The van der Waals surface area contributed by atoms with Crippen LogP contribution in [0.3, 0.4) is 0 Å². The molecule has 1 saturated heterocycles. The van der Waals surface area contributed by atoms with Gasteiger partial charge < -0.3 is 15.2 Å². The van der Waals surface area contributed by atoms with E-state index >= 15 is 0 Å². The van der Waals surface area contributed by atoms with E-state index < -0.39 is 27.5 Å². The lowest BCUT2D eigenvalue weighted by molar-refractivity contribution is -0.137. The molecule has 0 bridgehead atoms. The predicted molar refractivity (Wildman–Crippen MR) is 145 cm³/mol. The summed E-state index contributed by atoms with van der Waals surface area (Å²) in [5.74, 6) is -0.178. The summed E-state index contributed by atoms with van der Waals surface area (Å²) in [4.78, 5) is 15.1. The number of carbonyl (C=O) groups excluding carboxylic acids is 1. The Labute approximate surface area is 233 Å². The number of hydrogen-bond acceptors (Lipinski definition) is 7. The summed E-state index contributed by atoms with van der Waals surface area (Å²) in [5.41, 5.74) is 0.464. The summed E-state index contributed by atoms with van der Waals surface area (Å²) in [6, 6.07) is 12.8. The number of phenols is 1. The lowest BCUT2D eigenvalue weighted by Crippen LogP contribution is -2.42. The highest BCUT2D eigenvalue weighted by Crippen LogP contribution is 2.41. The van der Waals surface area contributed by atoms with Crippen LogP contribution in [-0.4, -0.2) is 54.4 Å². The second-order valence-electron chi connectivity index (χ2n) is 9.83. The van der Waals surface area contributed by atoms with Gasteiger partial charge in [0.2, 0.25) is 5.78 Å². The molecule has 2 aliphatic rings. The first-order valence-electron chi connectivity index (χ1n) is 12.8. The summed E-state index contributed by atoms with van der Waals surface area (Å²) < 4.78 is 73.0. The third-order valence-electron chi connectivity index (χ3n) is 7.24. The first-order valence-corrected chi connectivity index (χ1v) is 14.2. The first-order chi connectivity index (χ1) is 19.5. The number of aromatic nitrogens is 1. The van der Waals surface area contributed by atoms with Crippen molar-refractivity contribution in [1.29, 1.82) is 0 Å². The number of aromatic hydroxyl groups is 1. The van der Waals surface area contributed by atoms with Crippen molar-refractivity contribution in [2.75, 3.05) is 26.2 Å². The zero-order valence-corrected chi connectivity index (χ0v) is 22.3. The number of fused-ring (bicyclic) bond motifs is 2. The number of benzene rings is 3. The van der Waals surface area contributed by atoms with E-state index in [9.17, 15) is 31.5 Å². The fraction of sp³-hybridized carbons (Fsp3) is 0.207. The molecule has 0 aliphatic carbocycles. The maximum Gasteiger partial charge on any atom is 0.416 e. The highest BCUT2D eigenvalue weighted by atomic mass is 32.2. The lowest BCUT2D eigenvalue weighted by Gasteiger charge is -2.27. The molecule has 0 unspecified atom stereocenters. The van der Waals surface area contributed by atoms with Crippen LogP contribution in [0.1, 0.15) is 27.0 Å². The van der Waals surface area contributed by atoms with Gasteiger partial charge in [0.15, 0.2) is 5.76 Å². The molecule has 0 spiro atoms. The summed E-state index contributed by atoms with van der Waals surface area (Å²) in [7, 11) is -4.29. The van der Waals surface area contributed by atoms with Crippen molar-refractivity contribution in [2.45, 2.75) is 17.6 Å². The van der Waals surface area contributed by atoms with Gasteiger partial charge in [0.25, 0.3) is 10.0 Å². The second-order valence-corrected chi connectivity index (χ2v) is 11.6. The van der Waals surface area contributed by atoms with Crippen LogP contribution in [0.4, 0.5) is 13.2 Å². The molecule has 1 fully saturated rings. The zero-order chi connectivity index (χ0) is 28.9. The zero-order valence-electron chi connectivity index (χ0n) is 21.5. The monoisotopic (exact) mass is 583 g/mol. The highest BCUT2D eigenvalue weighted by molar-refractivity contribution is 7.90. The molecule has 2 aliphatic heterocycles. The molecule has 3 aromatic carbocycles. The minimum Gasteiger partial charge on any atom is -0.507 e. The SMILES string of the molecule is O=C1C(=Cc2cn(S(=O)(=O)c3ccc(C(F)(F)F)cc3)c3ccccc23)Oc2c1ccc(O)c2CN1CCNCC1. The van der Waals surface area contributed by atoms with Gasteiger partial charge in [-0.15, -0.1) is 0 Å². The lowest BCUT2D eigenvalue weighted by atomic mass is 10.0. The number of alkyl halides is 3. The van der Waals surface area contributed by atoms with Crippen LogP contribution in [0.5, 0.6) is 11.5 Å². The summed E-state index contributed by atoms with van der Waals surface area (Å²) in [6.07, 6.45) is -1.85. The number of carbonyl (C=O) groups is 1. The van der Waals surface area contributed by atoms with E-state index in [-0.39, 0.29) is 27.7 Å². The van der Waals surface area contributed by atoms with Crippen molar-refractivity contribution in [1.82, 2.24) is 14.2 Å². The number of nitrogens with zero attached hydrogens (tertiary/aromatic N) is 2. The molecule has 8 nitrogen and oxygen atoms in total. The Bertz CT molecular complexity index is 1810. The molecular weight excluding hydrogens is 559 g/mol. The standard InChI is InChI=1S/C29H24F3N3O5S/c30-29(31,32)19-5-7-20(8-6-19)41(38,39)35-16-18(21-3-1-2-4-24(21)35)15-26-27(37)22-9-10-25(36)23(28(22)40-26)17-34-13-11-33-12-14-34/h1-10,15-16,33,36H,11-14,17H2. The first kappa shape index (κ1) is 27.1. The molecule has 2 N–H and O–H groups in total. The van der Waals surface area contributed by atoms with Gasteiger partial charge in [-0.25, -0.2) is 12.4 Å². The second kappa shape index (κ2) is 10.1. The quantitative estimate of drug-likeness (QED) is 0.331. The number of Topliss-reactive ketones (excluding diaryl/α,β-unsaturated/α-hetero) is 1. The Morgan fingerprint density at radius 3 is 2.41 bits per heavy atom. The van der Waals surface area contributed by atoms with E-state index in [2.05, 4.69) is 10.2 Å². The Morgan fingerprint density at radius 2 is 1.71 bits per heavy atom. The van der Waals surface area contributed by atoms with Crippen LogP contribution < -0.4 is 10.1 Å². The van der Waals surface area contributed by atoms with Gasteiger partial charge in [0, 0.05) is 49.9 Å². The number of ketones is 1. The molecule has 41 heavy (non-hydrogen) atoms. The van der Waals surface area contributed by atoms with Crippen molar-refractivity contribution >= 4 is 32.8 Å². The molecule has 6 rings (SSSR count). The van der Waals surface area contributed by atoms with Gasteiger partial charge in [-0.3, -0.25) is 9.69 Å². The maximum atomic E-state index is 13.5. The van der Waals surface area contributed by atoms with E-state index in [1.165, 1.54) is 24.4 Å². The highest BCUT2D eigenvalue weighted by Gasteiger charge is 2.33. The third-order valence-corrected chi connectivity index (χ3v) is 8.93. The fourth-order valence-corrected chi connectivity index (χ4v) is 6.48. The normalized spacial score (nSPS) is 17.2.